The molecule has 0 spiro atoms. The molecule has 0 saturated heterocycles. The molecule has 208 valence electrons. The molecule has 0 aliphatic heterocycles. The molecule has 2 aromatic rings. The Morgan fingerprint density at radius 2 is 0.919 bits per heavy atom. The summed E-state index contributed by atoms with van der Waals surface area (Å²) < 4.78 is 27.6. The van der Waals surface area contributed by atoms with Crippen molar-refractivity contribution in [1.82, 2.24) is 0 Å². The lowest BCUT2D eigenvalue weighted by molar-refractivity contribution is 0.157. The predicted octanol–water partition coefficient (Wildman–Crippen LogP) is 7.34. The molecule has 0 fully saturated rings. The van der Waals surface area contributed by atoms with Crippen molar-refractivity contribution in [3.8, 4) is 0 Å². The van der Waals surface area contributed by atoms with Crippen molar-refractivity contribution in [2.75, 3.05) is 26.4 Å². The van der Waals surface area contributed by atoms with Crippen LogP contribution in [0.4, 0.5) is 0 Å². The average Bonchev–Trinajstić information content (AvgIpc) is 2.93. The fourth-order valence-electron chi connectivity index (χ4n) is 4.62. The maximum atomic E-state index is 6.93. The number of rotatable bonds is 21. The maximum Gasteiger partial charge on any atom is 0.375 e. The lowest BCUT2D eigenvalue weighted by Gasteiger charge is -2.40. The molecule has 1 unspecified atom stereocenters. The molecule has 37 heavy (non-hydrogen) atoms. The molecule has 0 aliphatic carbocycles. The maximum absolute atomic E-state index is 6.93. The van der Waals surface area contributed by atoms with Crippen LogP contribution in [-0.4, -0.2) is 43.5 Å². The summed E-state index contributed by atoms with van der Waals surface area (Å²) in [6.45, 7) is 14.1. The topological polar surface area (TPSA) is 36.9 Å². The first kappa shape index (κ1) is 31.9. The van der Waals surface area contributed by atoms with Gasteiger partial charge in [-0.05, 0) is 36.1 Å². The Bertz CT molecular complexity index is 798. The van der Waals surface area contributed by atoms with Crippen LogP contribution in [0.15, 0.2) is 60.7 Å². The van der Waals surface area contributed by atoms with E-state index >= 15 is 0 Å². The summed E-state index contributed by atoms with van der Waals surface area (Å²) in [6.07, 6.45) is 8.55. The molecule has 0 saturated carbocycles. The third-order valence-electron chi connectivity index (χ3n) is 6.91. The van der Waals surface area contributed by atoms with Crippen molar-refractivity contribution in [3.05, 3.63) is 60.7 Å². The molecule has 0 aliphatic rings. The first-order valence-corrected chi connectivity index (χ1v) is 18.7. The van der Waals surface area contributed by atoms with Crippen molar-refractivity contribution < 1.29 is 17.7 Å². The first-order chi connectivity index (χ1) is 18.1. The third kappa shape index (κ3) is 9.75. The highest BCUT2D eigenvalue weighted by molar-refractivity contribution is 6.87. The zero-order valence-electron chi connectivity index (χ0n) is 24.2. The second-order valence-electron chi connectivity index (χ2n) is 10.1. The Balaban J connectivity index is 2.54. The van der Waals surface area contributed by atoms with E-state index in [0.717, 1.165) is 83.8 Å². The van der Waals surface area contributed by atoms with Gasteiger partial charge in [0.15, 0.2) is 0 Å². The van der Waals surface area contributed by atoms with Crippen LogP contribution in [0.3, 0.4) is 0 Å². The van der Waals surface area contributed by atoms with E-state index < -0.39 is 17.1 Å². The Morgan fingerprint density at radius 3 is 1.32 bits per heavy atom. The van der Waals surface area contributed by atoms with E-state index in [9.17, 15) is 0 Å². The Labute approximate surface area is 229 Å². The summed E-state index contributed by atoms with van der Waals surface area (Å²) in [5, 5.41) is 2.43. The fraction of sp³-hybridized carbons (Fsp3) is 0.613. The van der Waals surface area contributed by atoms with Gasteiger partial charge in [-0.2, -0.15) is 0 Å². The number of hydrogen-bond acceptors (Lipinski definition) is 4. The average molecular weight is 545 g/mol. The van der Waals surface area contributed by atoms with Gasteiger partial charge in [0.1, 0.15) is 0 Å². The summed E-state index contributed by atoms with van der Waals surface area (Å²) in [5.74, 6) is 0. The normalized spacial score (nSPS) is 13.1. The van der Waals surface area contributed by atoms with Crippen molar-refractivity contribution in [2.24, 2.45) is 0 Å². The van der Waals surface area contributed by atoms with Crippen LogP contribution in [0.5, 0.6) is 0 Å². The van der Waals surface area contributed by atoms with E-state index in [4.69, 9.17) is 17.7 Å². The van der Waals surface area contributed by atoms with Crippen LogP contribution in [0.1, 0.15) is 86.0 Å². The van der Waals surface area contributed by atoms with Gasteiger partial charge in [0, 0.05) is 38.0 Å². The molecule has 0 heterocycles. The lowest BCUT2D eigenvalue weighted by atomic mass is 10.4. The van der Waals surface area contributed by atoms with Crippen LogP contribution >= 0.6 is 0 Å². The second kappa shape index (κ2) is 18.1. The minimum atomic E-state index is -2.81. The molecule has 2 aromatic carbocycles. The minimum Gasteiger partial charge on any atom is -0.391 e. The molecular formula is C31H52O4Si2. The number of unbranched alkanes of at least 4 members (excludes halogenated alkanes) is 4. The SMILES string of the molecule is CCCCO[Si](CC(C)[Si](OCCCC)(OCCCC)c1ccccc1)(OCCCC)c1ccccc1. The van der Waals surface area contributed by atoms with E-state index in [1.807, 2.05) is 0 Å². The quantitative estimate of drug-likeness (QED) is 0.122. The molecule has 2 rings (SSSR count). The summed E-state index contributed by atoms with van der Waals surface area (Å²) in [5.41, 5.74) is 0.165. The molecule has 0 bridgehead atoms. The zero-order chi connectivity index (χ0) is 26.8. The van der Waals surface area contributed by atoms with E-state index in [0.29, 0.717) is 0 Å². The van der Waals surface area contributed by atoms with Gasteiger partial charge in [0.05, 0.1) is 0 Å². The van der Waals surface area contributed by atoms with Crippen LogP contribution in [-0.2, 0) is 17.7 Å². The van der Waals surface area contributed by atoms with Gasteiger partial charge in [-0.1, -0.05) is 121 Å². The Kier molecular flexibility index (Phi) is 15.6. The van der Waals surface area contributed by atoms with Gasteiger partial charge >= 0.3 is 17.1 Å². The van der Waals surface area contributed by atoms with Crippen molar-refractivity contribution in [1.29, 1.82) is 0 Å². The molecule has 1 atom stereocenters. The summed E-state index contributed by atoms with van der Waals surface area (Å²) >= 11 is 0. The highest BCUT2D eigenvalue weighted by atomic mass is 28.4. The fourth-order valence-corrected chi connectivity index (χ4v) is 13.0. The largest absolute Gasteiger partial charge is 0.391 e. The van der Waals surface area contributed by atoms with E-state index in [2.05, 4.69) is 95.3 Å². The van der Waals surface area contributed by atoms with Crippen LogP contribution < -0.4 is 10.4 Å². The summed E-state index contributed by atoms with van der Waals surface area (Å²) in [6, 6.07) is 22.3. The van der Waals surface area contributed by atoms with Crippen LogP contribution in [0, 0.1) is 0 Å². The highest BCUT2D eigenvalue weighted by Crippen LogP contribution is 2.34. The number of benzene rings is 2. The van der Waals surface area contributed by atoms with E-state index in [1.54, 1.807) is 0 Å². The van der Waals surface area contributed by atoms with Gasteiger partial charge in [-0.25, -0.2) is 0 Å². The molecule has 0 radical (unpaired) electrons. The van der Waals surface area contributed by atoms with Crippen molar-refractivity contribution in [2.45, 2.75) is 97.6 Å². The zero-order valence-corrected chi connectivity index (χ0v) is 26.2. The first-order valence-electron chi connectivity index (χ1n) is 14.7. The predicted molar refractivity (Wildman–Crippen MR) is 161 cm³/mol. The van der Waals surface area contributed by atoms with Gasteiger partial charge in [0.2, 0.25) is 0 Å². The van der Waals surface area contributed by atoms with Crippen LogP contribution in [0.25, 0.3) is 0 Å². The monoisotopic (exact) mass is 544 g/mol. The standard InChI is InChI=1S/C31H52O4Si2/c1-6-10-24-32-36(33-25-11-7-2,30-20-16-14-17-21-30)28-29(5)37(34-26-12-8-3,35-27-13-9-4)31-22-18-15-19-23-31/h14-23,29H,6-13,24-28H2,1-5H3. The molecular weight excluding hydrogens is 493 g/mol. The van der Waals surface area contributed by atoms with Crippen molar-refractivity contribution in [3.63, 3.8) is 0 Å². The van der Waals surface area contributed by atoms with Crippen LogP contribution in [0.2, 0.25) is 11.6 Å². The lowest BCUT2D eigenvalue weighted by Crippen LogP contribution is -2.62. The minimum absolute atomic E-state index is 0.165. The highest BCUT2D eigenvalue weighted by Gasteiger charge is 2.52. The Morgan fingerprint density at radius 1 is 0.541 bits per heavy atom. The van der Waals surface area contributed by atoms with E-state index in [-0.39, 0.29) is 5.54 Å². The van der Waals surface area contributed by atoms with E-state index in [1.165, 1.54) is 10.4 Å². The smallest absolute Gasteiger partial charge is 0.375 e. The van der Waals surface area contributed by atoms with Gasteiger partial charge in [0.25, 0.3) is 0 Å². The van der Waals surface area contributed by atoms with Gasteiger partial charge in [-0.15, -0.1) is 0 Å². The second-order valence-corrected chi connectivity index (χ2v) is 16.6. The van der Waals surface area contributed by atoms with Gasteiger partial charge in [-0.3, -0.25) is 0 Å². The Hall–Kier alpha value is -1.29. The number of hydrogen-bond donors (Lipinski definition) is 0. The molecule has 0 amide bonds. The summed E-state index contributed by atoms with van der Waals surface area (Å²) in [4.78, 5) is 0. The molecule has 0 N–H and O–H groups in total. The molecule has 6 heteroatoms. The molecule has 0 aromatic heterocycles. The van der Waals surface area contributed by atoms with Crippen molar-refractivity contribution >= 4 is 27.5 Å². The van der Waals surface area contributed by atoms with Gasteiger partial charge < -0.3 is 17.7 Å². The molecule has 4 nitrogen and oxygen atoms in total. The third-order valence-corrected chi connectivity index (χ3v) is 14.9. The summed E-state index contributed by atoms with van der Waals surface area (Å²) in [7, 11) is -5.58.